The van der Waals surface area contributed by atoms with Crippen molar-refractivity contribution in [1.82, 2.24) is 0 Å². The summed E-state index contributed by atoms with van der Waals surface area (Å²) >= 11 is 1.58. The minimum Gasteiger partial charge on any atom is -0.494 e. The van der Waals surface area contributed by atoms with Crippen molar-refractivity contribution in [2.24, 2.45) is 0 Å². The summed E-state index contributed by atoms with van der Waals surface area (Å²) in [6.45, 7) is 2.02. The number of carbonyl (C=O) groups is 1. The molecule has 0 aliphatic rings. The Morgan fingerprint density at radius 1 is 1.19 bits per heavy atom. The van der Waals surface area contributed by atoms with Crippen LogP contribution in [0.5, 0.6) is 11.5 Å². The van der Waals surface area contributed by atoms with Gasteiger partial charge in [0.05, 0.1) is 17.6 Å². The normalized spacial score (nSPS) is 10.2. The zero-order chi connectivity index (χ0) is 15.2. The lowest BCUT2D eigenvalue weighted by atomic mass is 10.2. The Kier molecular flexibility index (Phi) is 5.22. The van der Waals surface area contributed by atoms with Gasteiger partial charge < -0.3 is 9.47 Å². The monoisotopic (exact) mass is 306 g/mol. The highest BCUT2D eigenvalue weighted by Crippen LogP contribution is 2.29. The zero-order valence-corrected chi connectivity index (χ0v) is 12.6. The van der Waals surface area contributed by atoms with Crippen LogP contribution in [-0.4, -0.2) is 18.8 Å². The number of hydrogen-bond acceptors (Lipinski definition) is 4. The van der Waals surface area contributed by atoms with Gasteiger partial charge >= 0.3 is 5.97 Å². The fourth-order valence-corrected chi connectivity index (χ4v) is 2.50. The Balaban J connectivity index is 2.20. The van der Waals surface area contributed by atoms with Crippen LogP contribution in [0.4, 0.5) is 4.39 Å². The van der Waals surface area contributed by atoms with E-state index in [1.54, 1.807) is 23.9 Å². The molecule has 2 aromatic carbocycles. The van der Waals surface area contributed by atoms with Gasteiger partial charge in [0, 0.05) is 0 Å². The van der Waals surface area contributed by atoms with E-state index in [0.29, 0.717) is 5.75 Å². The molecular weight excluding hydrogens is 291 g/mol. The van der Waals surface area contributed by atoms with E-state index in [0.717, 1.165) is 16.7 Å². The molecule has 21 heavy (non-hydrogen) atoms. The number of rotatable bonds is 5. The molecule has 3 nitrogen and oxygen atoms in total. The minimum atomic E-state index is -0.597. The standard InChI is InChI=1S/C16H15FO3S/c1-3-21-15-7-5-4-6-14(15)20-16(18)11-8-9-13(19-2)12(17)10-11/h4-10H,3H2,1-2H3. The summed E-state index contributed by atoms with van der Waals surface area (Å²) in [4.78, 5) is 13.0. The van der Waals surface area contributed by atoms with Crippen molar-refractivity contribution < 1.29 is 18.7 Å². The van der Waals surface area contributed by atoms with E-state index < -0.39 is 11.8 Å². The number of carbonyl (C=O) groups excluding carboxylic acids is 1. The lowest BCUT2D eigenvalue weighted by Gasteiger charge is -2.09. The van der Waals surface area contributed by atoms with Crippen molar-refractivity contribution in [1.29, 1.82) is 0 Å². The smallest absolute Gasteiger partial charge is 0.343 e. The van der Waals surface area contributed by atoms with Gasteiger partial charge in [-0.25, -0.2) is 9.18 Å². The van der Waals surface area contributed by atoms with Crippen molar-refractivity contribution in [3.05, 3.63) is 53.8 Å². The molecule has 110 valence electrons. The second-order valence-corrected chi connectivity index (χ2v) is 5.42. The average Bonchev–Trinajstić information content (AvgIpc) is 2.49. The van der Waals surface area contributed by atoms with Crippen LogP contribution in [0.3, 0.4) is 0 Å². The number of halogens is 1. The van der Waals surface area contributed by atoms with Crippen LogP contribution >= 0.6 is 11.8 Å². The molecule has 0 atom stereocenters. The molecule has 0 N–H and O–H groups in total. The quantitative estimate of drug-likeness (QED) is 0.472. The third kappa shape index (κ3) is 3.76. The minimum absolute atomic E-state index is 0.0912. The summed E-state index contributed by atoms with van der Waals surface area (Å²) in [5.74, 6) is 0.245. The highest BCUT2D eigenvalue weighted by Gasteiger charge is 2.14. The second kappa shape index (κ2) is 7.13. The van der Waals surface area contributed by atoms with Gasteiger partial charge in [-0.2, -0.15) is 0 Å². The predicted octanol–water partition coefficient (Wildman–Crippen LogP) is 4.17. The van der Waals surface area contributed by atoms with E-state index in [9.17, 15) is 9.18 Å². The van der Waals surface area contributed by atoms with Gasteiger partial charge in [-0.05, 0) is 36.1 Å². The second-order valence-electron chi connectivity index (χ2n) is 4.12. The Morgan fingerprint density at radius 2 is 1.95 bits per heavy atom. The van der Waals surface area contributed by atoms with Crippen molar-refractivity contribution in [3.8, 4) is 11.5 Å². The molecule has 0 spiro atoms. The summed E-state index contributed by atoms with van der Waals surface area (Å²) in [6.07, 6.45) is 0. The Bertz CT molecular complexity index is 643. The Labute approximate surface area is 127 Å². The topological polar surface area (TPSA) is 35.5 Å². The van der Waals surface area contributed by atoms with Crippen molar-refractivity contribution >= 4 is 17.7 Å². The molecule has 0 radical (unpaired) electrons. The van der Waals surface area contributed by atoms with Crippen LogP contribution in [0.1, 0.15) is 17.3 Å². The summed E-state index contributed by atoms with van der Waals surface area (Å²) in [5.41, 5.74) is 0.143. The van der Waals surface area contributed by atoms with Crippen molar-refractivity contribution in [2.75, 3.05) is 12.9 Å². The van der Waals surface area contributed by atoms with E-state index in [1.807, 2.05) is 19.1 Å². The lowest BCUT2D eigenvalue weighted by molar-refractivity contribution is 0.0730. The Morgan fingerprint density at radius 3 is 2.62 bits per heavy atom. The number of hydrogen-bond donors (Lipinski definition) is 0. The highest BCUT2D eigenvalue weighted by molar-refractivity contribution is 7.99. The van der Waals surface area contributed by atoms with Crippen LogP contribution in [0.25, 0.3) is 0 Å². The maximum Gasteiger partial charge on any atom is 0.343 e. The van der Waals surface area contributed by atoms with E-state index in [1.165, 1.54) is 19.2 Å². The average molecular weight is 306 g/mol. The molecule has 0 saturated heterocycles. The van der Waals surface area contributed by atoms with E-state index >= 15 is 0 Å². The first-order valence-corrected chi connectivity index (χ1v) is 7.41. The first kappa shape index (κ1) is 15.4. The van der Waals surface area contributed by atoms with E-state index in [4.69, 9.17) is 9.47 Å². The summed E-state index contributed by atoms with van der Waals surface area (Å²) < 4.78 is 23.8. The van der Waals surface area contributed by atoms with E-state index in [2.05, 4.69) is 0 Å². The molecule has 0 bridgehead atoms. The number of ether oxygens (including phenoxy) is 2. The number of para-hydroxylation sites is 1. The van der Waals surface area contributed by atoms with Crippen LogP contribution in [0, 0.1) is 5.82 Å². The largest absolute Gasteiger partial charge is 0.494 e. The summed E-state index contributed by atoms with van der Waals surface area (Å²) in [7, 11) is 1.37. The number of methoxy groups -OCH3 is 1. The predicted molar refractivity (Wildman–Crippen MR) is 80.8 cm³/mol. The molecule has 2 rings (SSSR count). The molecule has 0 heterocycles. The first-order chi connectivity index (χ1) is 10.2. The lowest BCUT2D eigenvalue weighted by Crippen LogP contribution is -2.09. The maximum atomic E-state index is 13.6. The molecule has 0 aromatic heterocycles. The van der Waals surface area contributed by atoms with Crippen LogP contribution in [-0.2, 0) is 0 Å². The third-order valence-electron chi connectivity index (χ3n) is 2.74. The molecule has 0 unspecified atom stereocenters. The van der Waals surface area contributed by atoms with Gasteiger partial charge in [0.1, 0.15) is 5.75 Å². The zero-order valence-electron chi connectivity index (χ0n) is 11.8. The molecular formula is C16H15FO3S. The van der Waals surface area contributed by atoms with E-state index in [-0.39, 0.29) is 11.3 Å². The van der Waals surface area contributed by atoms with Gasteiger partial charge in [-0.15, -0.1) is 11.8 Å². The molecule has 0 aliphatic heterocycles. The highest BCUT2D eigenvalue weighted by atomic mass is 32.2. The third-order valence-corrected chi connectivity index (χ3v) is 3.68. The van der Waals surface area contributed by atoms with Crippen LogP contribution < -0.4 is 9.47 Å². The summed E-state index contributed by atoms with van der Waals surface area (Å²) in [6, 6.07) is 11.2. The van der Waals surface area contributed by atoms with Gasteiger partial charge in [0.2, 0.25) is 0 Å². The number of esters is 1. The molecule has 0 aliphatic carbocycles. The number of benzene rings is 2. The van der Waals surface area contributed by atoms with Gasteiger partial charge in [-0.1, -0.05) is 19.1 Å². The molecule has 2 aromatic rings. The summed E-state index contributed by atoms with van der Waals surface area (Å²) in [5, 5.41) is 0. The van der Waals surface area contributed by atoms with Crippen LogP contribution in [0.2, 0.25) is 0 Å². The van der Waals surface area contributed by atoms with Gasteiger partial charge in [-0.3, -0.25) is 0 Å². The number of thioether (sulfide) groups is 1. The Hall–Kier alpha value is -2.01. The van der Waals surface area contributed by atoms with Crippen LogP contribution in [0.15, 0.2) is 47.4 Å². The van der Waals surface area contributed by atoms with Crippen molar-refractivity contribution in [3.63, 3.8) is 0 Å². The molecule has 5 heteroatoms. The first-order valence-electron chi connectivity index (χ1n) is 6.43. The fourth-order valence-electron chi connectivity index (χ4n) is 1.76. The van der Waals surface area contributed by atoms with Gasteiger partial charge in [0.15, 0.2) is 11.6 Å². The van der Waals surface area contributed by atoms with Gasteiger partial charge in [0.25, 0.3) is 0 Å². The fraction of sp³-hybridized carbons (Fsp3) is 0.188. The maximum absolute atomic E-state index is 13.6. The molecule has 0 amide bonds. The molecule has 0 fully saturated rings. The van der Waals surface area contributed by atoms with Crippen molar-refractivity contribution in [2.45, 2.75) is 11.8 Å². The SMILES string of the molecule is CCSc1ccccc1OC(=O)c1ccc(OC)c(F)c1. The molecule has 0 saturated carbocycles.